The number of allylic oxidation sites excluding steroid dienone is 1. The highest BCUT2D eigenvalue weighted by Gasteiger charge is 2.30. The SMILES string of the molecule is C=C(C)O[C@H](C)[C@H](NC(=O)c1ccc(OCCOC)cc1N)C(=O)OC. The molecule has 2 atom stereocenters. The summed E-state index contributed by atoms with van der Waals surface area (Å²) in [5.74, 6) is -0.235. The van der Waals surface area contributed by atoms with E-state index in [0.29, 0.717) is 24.7 Å². The van der Waals surface area contributed by atoms with Gasteiger partial charge < -0.3 is 30.0 Å². The van der Waals surface area contributed by atoms with Crippen molar-refractivity contribution in [1.29, 1.82) is 0 Å². The Morgan fingerprint density at radius 1 is 1.27 bits per heavy atom. The number of carbonyl (C=O) groups excluding carboxylic acids is 2. The molecule has 0 aliphatic rings. The maximum atomic E-state index is 12.5. The molecule has 3 N–H and O–H groups in total. The minimum Gasteiger partial charge on any atom is -0.493 e. The Balaban J connectivity index is 2.88. The molecule has 0 bridgehead atoms. The monoisotopic (exact) mass is 366 g/mol. The average Bonchev–Trinajstić information content (AvgIpc) is 2.58. The van der Waals surface area contributed by atoms with Crippen LogP contribution < -0.4 is 15.8 Å². The number of nitrogen functional groups attached to an aromatic ring is 1. The molecule has 26 heavy (non-hydrogen) atoms. The third kappa shape index (κ3) is 6.29. The Morgan fingerprint density at radius 3 is 2.50 bits per heavy atom. The molecule has 0 spiro atoms. The van der Waals surface area contributed by atoms with E-state index in [1.165, 1.54) is 19.2 Å². The number of rotatable bonds is 10. The number of carbonyl (C=O) groups is 2. The van der Waals surface area contributed by atoms with Gasteiger partial charge in [0.05, 0.1) is 25.0 Å². The second kappa shape index (κ2) is 10.3. The summed E-state index contributed by atoms with van der Waals surface area (Å²) in [5.41, 5.74) is 6.36. The summed E-state index contributed by atoms with van der Waals surface area (Å²) in [7, 11) is 2.80. The molecule has 144 valence electrons. The van der Waals surface area contributed by atoms with Crippen molar-refractivity contribution >= 4 is 17.6 Å². The molecule has 0 aliphatic heterocycles. The van der Waals surface area contributed by atoms with Crippen LogP contribution in [-0.4, -0.2) is 51.5 Å². The molecule has 8 nitrogen and oxygen atoms in total. The van der Waals surface area contributed by atoms with Gasteiger partial charge in [0.25, 0.3) is 5.91 Å². The predicted octanol–water partition coefficient (Wildman–Crippen LogP) is 1.50. The van der Waals surface area contributed by atoms with Crippen LogP contribution in [0.15, 0.2) is 30.5 Å². The number of hydrogen-bond donors (Lipinski definition) is 2. The highest BCUT2D eigenvalue weighted by Crippen LogP contribution is 2.20. The van der Waals surface area contributed by atoms with Gasteiger partial charge in [0.2, 0.25) is 0 Å². The van der Waals surface area contributed by atoms with E-state index in [4.69, 9.17) is 24.7 Å². The number of anilines is 1. The van der Waals surface area contributed by atoms with Crippen LogP contribution in [0.1, 0.15) is 24.2 Å². The van der Waals surface area contributed by atoms with Crippen LogP contribution in [-0.2, 0) is 19.0 Å². The Morgan fingerprint density at radius 2 is 1.96 bits per heavy atom. The standard InChI is InChI=1S/C18H26N2O6/c1-11(2)26-12(3)16(18(22)24-5)20-17(21)14-7-6-13(10-15(14)19)25-9-8-23-4/h6-7,10,12,16H,1,8-9,19H2,2-5H3,(H,20,21)/t12-,16+/m1/s1. The molecule has 0 aliphatic carbocycles. The fourth-order valence-electron chi connectivity index (χ4n) is 2.18. The van der Waals surface area contributed by atoms with Gasteiger partial charge in [-0.3, -0.25) is 4.79 Å². The van der Waals surface area contributed by atoms with Gasteiger partial charge in [0, 0.05) is 18.9 Å². The summed E-state index contributed by atoms with van der Waals surface area (Å²) >= 11 is 0. The first-order chi connectivity index (χ1) is 12.3. The molecule has 1 aromatic carbocycles. The quantitative estimate of drug-likeness (QED) is 0.279. The molecular weight excluding hydrogens is 340 g/mol. The predicted molar refractivity (Wildman–Crippen MR) is 96.9 cm³/mol. The molecule has 0 saturated heterocycles. The van der Waals surface area contributed by atoms with Crippen LogP contribution in [0.5, 0.6) is 5.75 Å². The first-order valence-electron chi connectivity index (χ1n) is 8.02. The van der Waals surface area contributed by atoms with Gasteiger partial charge in [-0.2, -0.15) is 0 Å². The Labute approximate surface area is 153 Å². The lowest BCUT2D eigenvalue weighted by atomic mass is 10.1. The van der Waals surface area contributed by atoms with Crippen LogP contribution in [0.2, 0.25) is 0 Å². The van der Waals surface area contributed by atoms with Crippen molar-refractivity contribution in [3.8, 4) is 5.75 Å². The van der Waals surface area contributed by atoms with E-state index >= 15 is 0 Å². The van der Waals surface area contributed by atoms with Crippen molar-refractivity contribution in [3.05, 3.63) is 36.1 Å². The van der Waals surface area contributed by atoms with Crippen molar-refractivity contribution in [2.24, 2.45) is 0 Å². The molecule has 0 radical (unpaired) electrons. The molecule has 0 heterocycles. The van der Waals surface area contributed by atoms with E-state index in [0.717, 1.165) is 0 Å². The molecule has 1 aromatic rings. The number of nitrogens with two attached hydrogens (primary N) is 1. The summed E-state index contributed by atoms with van der Waals surface area (Å²) in [6.07, 6.45) is -0.665. The van der Waals surface area contributed by atoms with E-state index in [-0.39, 0.29) is 11.3 Å². The normalized spacial score (nSPS) is 12.6. The third-order valence-corrected chi connectivity index (χ3v) is 3.42. The zero-order chi connectivity index (χ0) is 19.7. The fourth-order valence-corrected chi connectivity index (χ4v) is 2.18. The Bertz CT molecular complexity index is 647. The molecule has 1 amide bonds. The van der Waals surface area contributed by atoms with Gasteiger partial charge in [0.1, 0.15) is 18.5 Å². The highest BCUT2D eigenvalue weighted by molar-refractivity contribution is 6.01. The van der Waals surface area contributed by atoms with Crippen molar-refractivity contribution < 1.29 is 28.5 Å². The van der Waals surface area contributed by atoms with E-state index in [1.807, 2.05) is 0 Å². The van der Waals surface area contributed by atoms with E-state index in [1.54, 1.807) is 27.0 Å². The highest BCUT2D eigenvalue weighted by atomic mass is 16.5. The van der Waals surface area contributed by atoms with Crippen LogP contribution in [0.25, 0.3) is 0 Å². The van der Waals surface area contributed by atoms with E-state index < -0.39 is 24.0 Å². The lowest BCUT2D eigenvalue weighted by Gasteiger charge is -2.24. The van der Waals surface area contributed by atoms with Crippen molar-refractivity contribution in [2.75, 3.05) is 33.2 Å². The smallest absolute Gasteiger partial charge is 0.332 e. The molecule has 0 aromatic heterocycles. The lowest BCUT2D eigenvalue weighted by molar-refractivity contribution is -0.145. The number of ether oxygens (including phenoxy) is 4. The Hall–Kier alpha value is -2.74. The van der Waals surface area contributed by atoms with Crippen molar-refractivity contribution in [3.63, 3.8) is 0 Å². The van der Waals surface area contributed by atoms with Gasteiger partial charge in [0.15, 0.2) is 6.04 Å². The maximum absolute atomic E-state index is 12.5. The third-order valence-electron chi connectivity index (χ3n) is 3.42. The number of nitrogens with one attached hydrogen (secondary N) is 1. The topological polar surface area (TPSA) is 109 Å². The Kier molecular flexibility index (Phi) is 8.44. The second-order valence-corrected chi connectivity index (χ2v) is 5.59. The fraction of sp³-hybridized carbons (Fsp3) is 0.444. The van der Waals surface area contributed by atoms with Gasteiger partial charge in [-0.1, -0.05) is 6.58 Å². The number of amides is 1. The first-order valence-corrected chi connectivity index (χ1v) is 8.02. The van der Waals surface area contributed by atoms with E-state index in [2.05, 4.69) is 11.9 Å². The number of hydrogen-bond acceptors (Lipinski definition) is 7. The zero-order valence-corrected chi connectivity index (χ0v) is 15.5. The van der Waals surface area contributed by atoms with Crippen molar-refractivity contribution in [1.82, 2.24) is 5.32 Å². The van der Waals surface area contributed by atoms with Gasteiger partial charge in [-0.25, -0.2) is 4.79 Å². The van der Waals surface area contributed by atoms with Crippen LogP contribution >= 0.6 is 0 Å². The number of methoxy groups -OCH3 is 2. The van der Waals surface area contributed by atoms with Gasteiger partial charge >= 0.3 is 5.97 Å². The minimum absolute atomic E-state index is 0.209. The van der Waals surface area contributed by atoms with Crippen molar-refractivity contribution in [2.45, 2.75) is 26.0 Å². The molecule has 0 saturated carbocycles. The minimum atomic E-state index is -1.01. The van der Waals surface area contributed by atoms with Crippen LogP contribution in [0.4, 0.5) is 5.69 Å². The average molecular weight is 366 g/mol. The summed E-state index contributed by atoms with van der Waals surface area (Å²) in [6, 6.07) is 3.65. The van der Waals surface area contributed by atoms with Gasteiger partial charge in [-0.05, 0) is 26.0 Å². The molecule has 0 fully saturated rings. The second-order valence-electron chi connectivity index (χ2n) is 5.59. The summed E-state index contributed by atoms with van der Waals surface area (Å²) in [6.45, 7) is 7.70. The van der Waals surface area contributed by atoms with Gasteiger partial charge in [-0.15, -0.1) is 0 Å². The van der Waals surface area contributed by atoms with Crippen LogP contribution in [0.3, 0.4) is 0 Å². The molecular formula is C18H26N2O6. The molecule has 0 unspecified atom stereocenters. The zero-order valence-electron chi connectivity index (χ0n) is 15.5. The van der Waals surface area contributed by atoms with Crippen LogP contribution in [0, 0.1) is 0 Å². The van der Waals surface area contributed by atoms with E-state index in [9.17, 15) is 9.59 Å². The summed E-state index contributed by atoms with van der Waals surface area (Å²) < 4.78 is 20.5. The summed E-state index contributed by atoms with van der Waals surface area (Å²) in [4.78, 5) is 24.5. The lowest BCUT2D eigenvalue weighted by Crippen LogP contribution is -2.49. The molecule has 1 rings (SSSR count). The molecule has 8 heteroatoms. The largest absolute Gasteiger partial charge is 0.493 e. The summed E-state index contributed by atoms with van der Waals surface area (Å²) in [5, 5.41) is 2.58. The number of esters is 1. The number of benzene rings is 1. The maximum Gasteiger partial charge on any atom is 0.332 e. The first kappa shape index (κ1) is 21.3.